The first-order valence-corrected chi connectivity index (χ1v) is 8.80. The minimum Gasteiger partial charge on any atom is -0.389 e. The predicted molar refractivity (Wildman–Crippen MR) is 98.7 cm³/mol. The van der Waals surface area contributed by atoms with Crippen LogP contribution in [0.4, 0.5) is 0 Å². The second kappa shape index (κ2) is 7.68. The van der Waals surface area contributed by atoms with E-state index in [1.807, 2.05) is 7.05 Å². The highest BCUT2D eigenvalue weighted by atomic mass is 35.5. The summed E-state index contributed by atoms with van der Waals surface area (Å²) >= 11 is 5.67. The molecule has 0 heterocycles. The number of likely N-dealkylation sites (N-methyl/N-ethyl adjacent to an activating group) is 1. The van der Waals surface area contributed by atoms with Crippen molar-refractivity contribution in [3.8, 4) is 0 Å². The zero-order chi connectivity index (χ0) is 17.8. The Morgan fingerprint density at radius 1 is 1.46 bits per heavy atom. The van der Waals surface area contributed by atoms with Crippen molar-refractivity contribution in [2.75, 3.05) is 33.2 Å². The van der Waals surface area contributed by atoms with Gasteiger partial charge >= 0.3 is 0 Å². The summed E-state index contributed by atoms with van der Waals surface area (Å²) in [7, 11) is 1.96. The minimum absolute atomic E-state index is 0.0160. The van der Waals surface area contributed by atoms with Gasteiger partial charge in [-0.05, 0) is 38.3 Å². The summed E-state index contributed by atoms with van der Waals surface area (Å²) < 4.78 is 0. The molecule has 2 fully saturated rings. The van der Waals surface area contributed by atoms with Crippen LogP contribution in [-0.2, 0) is 4.79 Å². The summed E-state index contributed by atoms with van der Waals surface area (Å²) in [5, 5.41) is 6.10. The van der Waals surface area contributed by atoms with Gasteiger partial charge in [0.1, 0.15) is 11.0 Å². The van der Waals surface area contributed by atoms with Crippen molar-refractivity contribution in [1.29, 1.82) is 0 Å². The molecule has 0 radical (unpaired) electrons. The lowest BCUT2D eigenvalue weighted by molar-refractivity contribution is -0.122. The van der Waals surface area contributed by atoms with Gasteiger partial charge in [-0.1, -0.05) is 25.1 Å². The molecule has 0 aromatic carbocycles. The van der Waals surface area contributed by atoms with Crippen molar-refractivity contribution in [1.82, 2.24) is 15.5 Å². The lowest BCUT2D eigenvalue weighted by Gasteiger charge is -2.22. The fourth-order valence-corrected chi connectivity index (χ4v) is 3.64. The van der Waals surface area contributed by atoms with Crippen molar-refractivity contribution >= 4 is 23.3 Å². The molecule has 2 aliphatic rings. The van der Waals surface area contributed by atoms with E-state index in [4.69, 9.17) is 17.3 Å². The Kier molecular flexibility index (Phi) is 6.06. The van der Waals surface area contributed by atoms with Crippen LogP contribution in [0.2, 0.25) is 0 Å². The molecule has 4 N–H and O–H groups in total. The van der Waals surface area contributed by atoms with Crippen LogP contribution in [-0.4, -0.2) is 49.9 Å². The van der Waals surface area contributed by atoms with Crippen molar-refractivity contribution in [3.05, 3.63) is 24.0 Å². The first kappa shape index (κ1) is 19.0. The van der Waals surface area contributed by atoms with Gasteiger partial charge in [0.15, 0.2) is 0 Å². The number of hydrogen-bond donors (Lipinski definition) is 3. The molecule has 2 rings (SSSR count). The summed E-state index contributed by atoms with van der Waals surface area (Å²) in [6.45, 7) is 9.75. The highest BCUT2D eigenvalue weighted by Gasteiger charge is 2.86. The van der Waals surface area contributed by atoms with Crippen molar-refractivity contribution in [3.63, 3.8) is 0 Å². The Balaban J connectivity index is 1.93. The van der Waals surface area contributed by atoms with Crippen LogP contribution in [0, 0.1) is 10.8 Å². The highest BCUT2D eigenvalue weighted by Crippen LogP contribution is 2.86. The van der Waals surface area contributed by atoms with Crippen LogP contribution < -0.4 is 16.4 Å². The first-order chi connectivity index (χ1) is 11.4. The average molecular weight is 354 g/mol. The Morgan fingerprint density at radius 2 is 2.17 bits per heavy atom. The van der Waals surface area contributed by atoms with Gasteiger partial charge in [-0.3, -0.25) is 4.79 Å². The summed E-state index contributed by atoms with van der Waals surface area (Å²) in [5.74, 6) is 0.354. The summed E-state index contributed by atoms with van der Waals surface area (Å²) in [6, 6.07) is 0. The van der Waals surface area contributed by atoms with Gasteiger partial charge in [-0.2, -0.15) is 0 Å². The number of nitrogens with one attached hydrogen (secondary N) is 2. The maximum absolute atomic E-state index is 12.6. The molecule has 0 unspecified atom stereocenters. The number of fused-ring (bicyclic) bond motifs is 1. The molecule has 0 aromatic heterocycles. The van der Waals surface area contributed by atoms with E-state index in [2.05, 4.69) is 34.0 Å². The number of halogens is 1. The van der Waals surface area contributed by atoms with Gasteiger partial charge in [-0.25, -0.2) is 4.99 Å². The van der Waals surface area contributed by atoms with Crippen LogP contribution in [0.15, 0.2) is 29.0 Å². The average Bonchev–Trinajstić information content (AvgIpc) is 3.31. The molecule has 0 aliphatic heterocycles. The lowest BCUT2D eigenvalue weighted by atomic mass is 10.2. The molecule has 7 heteroatoms. The molecule has 24 heavy (non-hydrogen) atoms. The standard InChI is InChI=1S/C17H28ClN5O/c1-4-7-23(8-6-20-3)12-16-10-17(16,11-16)15(24)22-14(21-5-2)9-13(18)19/h5,9,20H,2,4,6-8,10-12,19H2,1,3H3,(H,21,22,24)/b13-9-. The number of nitrogens with two attached hydrogens (primary N) is 1. The van der Waals surface area contributed by atoms with Crippen molar-refractivity contribution in [2.45, 2.75) is 26.2 Å². The second-order valence-corrected chi connectivity index (χ2v) is 7.21. The molecule has 6 nitrogen and oxygen atoms in total. The Hall–Kier alpha value is -1.37. The number of carbonyl (C=O) groups is 1. The number of amidine groups is 1. The molecule has 1 amide bonds. The molecule has 0 aromatic rings. The third-order valence-electron chi connectivity index (χ3n) is 4.97. The van der Waals surface area contributed by atoms with Gasteiger partial charge in [0, 0.05) is 31.9 Å². The molecule has 2 saturated carbocycles. The zero-order valence-electron chi connectivity index (χ0n) is 14.6. The van der Waals surface area contributed by atoms with Gasteiger partial charge in [0.25, 0.3) is 0 Å². The summed E-state index contributed by atoms with van der Waals surface area (Å²) in [6.07, 6.45) is 5.81. The predicted octanol–water partition coefficient (Wildman–Crippen LogP) is 1.40. The molecule has 0 spiro atoms. The molecule has 0 saturated heterocycles. The number of nitrogens with zero attached hydrogens (tertiary/aromatic N) is 2. The fraction of sp³-hybridized carbons (Fsp3) is 0.647. The van der Waals surface area contributed by atoms with E-state index < -0.39 is 0 Å². The van der Waals surface area contributed by atoms with Crippen LogP contribution in [0.1, 0.15) is 26.2 Å². The number of aliphatic imine (C=N–C) groups is 1. The topological polar surface area (TPSA) is 82.7 Å². The van der Waals surface area contributed by atoms with E-state index in [-0.39, 0.29) is 21.9 Å². The molecule has 0 atom stereocenters. The number of hydrogen-bond acceptors (Lipinski definition) is 5. The molecule has 134 valence electrons. The van der Waals surface area contributed by atoms with E-state index >= 15 is 0 Å². The number of carbonyl (C=O) groups excluding carboxylic acids is 1. The quantitative estimate of drug-likeness (QED) is 0.315. The molecular formula is C17H28ClN5O. The van der Waals surface area contributed by atoms with Gasteiger partial charge in [-0.15, -0.1) is 0 Å². The van der Waals surface area contributed by atoms with Crippen LogP contribution >= 0.6 is 11.6 Å². The summed E-state index contributed by atoms with van der Waals surface area (Å²) in [5.41, 5.74) is 5.38. The number of amides is 1. The fourth-order valence-electron chi connectivity index (χ4n) is 3.53. The van der Waals surface area contributed by atoms with Gasteiger partial charge in [0.2, 0.25) is 5.91 Å². The van der Waals surface area contributed by atoms with Gasteiger partial charge < -0.3 is 21.3 Å². The minimum atomic E-state index is -0.227. The zero-order valence-corrected chi connectivity index (χ0v) is 15.3. The van der Waals surface area contributed by atoms with E-state index in [0.717, 1.165) is 45.4 Å². The van der Waals surface area contributed by atoms with Crippen LogP contribution in [0.5, 0.6) is 0 Å². The number of rotatable bonds is 10. The molecule has 0 bridgehead atoms. The van der Waals surface area contributed by atoms with Crippen LogP contribution in [0.25, 0.3) is 0 Å². The largest absolute Gasteiger partial charge is 0.389 e. The third-order valence-corrected chi connectivity index (χ3v) is 5.08. The van der Waals surface area contributed by atoms with E-state index in [0.29, 0.717) is 5.84 Å². The Bertz CT molecular complexity index is 547. The van der Waals surface area contributed by atoms with Crippen LogP contribution in [0.3, 0.4) is 0 Å². The third kappa shape index (κ3) is 3.99. The van der Waals surface area contributed by atoms with E-state index in [9.17, 15) is 4.79 Å². The summed E-state index contributed by atoms with van der Waals surface area (Å²) in [4.78, 5) is 19.1. The maximum atomic E-state index is 12.6. The molecule has 2 aliphatic carbocycles. The first-order valence-electron chi connectivity index (χ1n) is 8.43. The monoisotopic (exact) mass is 353 g/mol. The molecular weight excluding hydrogens is 326 g/mol. The highest BCUT2D eigenvalue weighted by molar-refractivity contribution is 6.31. The lowest BCUT2D eigenvalue weighted by Crippen LogP contribution is -2.35. The SMILES string of the molecule is C=C/N=C(\C=C(/N)Cl)NC(=O)C12CC1(CN(CCC)CCNC)C2. The van der Waals surface area contributed by atoms with Crippen molar-refractivity contribution < 1.29 is 4.79 Å². The van der Waals surface area contributed by atoms with Gasteiger partial charge in [0.05, 0.1) is 5.41 Å². The van der Waals surface area contributed by atoms with E-state index in [1.165, 1.54) is 12.3 Å². The second-order valence-electron chi connectivity index (χ2n) is 6.78. The normalized spacial score (nSPS) is 28.5. The Labute approximate surface area is 149 Å². The van der Waals surface area contributed by atoms with E-state index in [1.54, 1.807) is 0 Å². The van der Waals surface area contributed by atoms with Crippen molar-refractivity contribution in [2.24, 2.45) is 21.6 Å². The Morgan fingerprint density at radius 3 is 2.71 bits per heavy atom. The smallest absolute Gasteiger partial charge is 0.232 e. The maximum Gasteiger partial charge on any atom is 0.232 e.